The maximum atomic E-state index is 5.33. The lowest BCUT2D eigenvalue weighted by atomic mass is 10.4. The summed E-state index contributed by atoms with van der Waals surface area (Å²) in [6, 6.07) is 4.08. The topological polar surface area (TPSA) is 42.7 Å². The number of morpholine rings is 1. The van der Waals surface area contributed by atoms with Crippen LogP contribution in [0, 0.1) is 3.57 Å². The zero-order valence-electron chi connectivity index (χ0n) is 8.64. The minimum atomic E-state index is 0.763. The van der Waals surface area contributed by atoms with Crippen LogP contribution in [0.5, 0.6) is 0 Å². The average molecular weight is 330 g/mol. The van der Waals surface area contributed by atoms with Gasteiger partial charge >= 0.3 is 0 Å². The van der Waals surface area contributed by atoms with Crippen molar-refractivity contribution >= 4 is 34.2 Å². The van der Waals surface area contributed by atoms with Crippen molar-refractivity contribution in [2.24, 2.45) is 0 Å². The van der Waals surface area contributed by atoms with Gasteiger partial charge in [-0.15, -0.1) is 10.2 Å². The summed E-state index contributed by atoms with van der Waals surface area (Å²) in [5.41, 5.74) is 0.897. The molecule has 3 heterocycles. The number of halogens is 1. The third-order valence-electron chi connectivity index (χ3n) is 2.65. The van der Waals surface area contributed by atoms with Crippen LogP contribution in [0.15, 0.2) is 18.3 Å². The van der Waals surface area contributed by atoms with E-state index < -0.39 is 0 Å². The Balaban J connectivity index is 2.03. The molecule has 3 rings (SSSR count). The quantitative estimate of drug-likeness (QED) is 0.737. The van der Waals surface area contributed by atoms with Crippen LogP contribution in [0.25, 0.3) is 5.65 Å². The van der Waals surface area contributed by atoms with Crippen molar-refractivity contribution in [3.05, 3.63) is 21.9 Å². The molecule has 0 amide bonds. The number of hydrogen-bond acceptors (Lipinski definition) is 4. The van der Waals surface area contributed by atoms with Gasteiger partial charge in [0.2, 0.25) is 5.95 Å². The Morgan fingerprint density at radius 3 is 2.88 bits per heavy atom. The summed E-state index contributed by atoms with van der Waals surface area (Å²) in [4.78, 5) is 2.20. The Bertz CT molecular complexity index is 506. The van der Waals surface area contributed by atoms with Crippen LogP contribution in [0.4, 0.5) is 5.95 Å². The van der Waals surface area contributed by atoms with Gasteiger partial charge in [0.1, 0.15) is 0 Å². The number of hydrogen-bond donors (Lipinski definition) is 0. The van der Waals surface area contributed by atoms with E-state index in [-0.39, 0.29) is 0 Å². The van der Waals surface area contributed by atoms with Gasteiger partial charge in [0.15, 0.2) is 5.65 Å². The predicted molar refractivity (Wildman–Crippen MR) is 68.7 cm³/mol. The van der Waals surface area contributed by atoms with Crippen LogP contribution in [0.3, 0.4) is 0 Å². The summed E-state index contributed by atoms with van der Waals surface area (Å²) < 4.78 is 8.52. The lowest BCUT2D eigenvalue weighted by Crippen LogP contribution is -2.37. The maximum absolute atomic E-state index is 5.33. The molecule has 0 spiro atoms. The summed E-state index contributed by atoms with van der Waals surface area (Å²) in [6.07, 6.45) is 2.02. The Kier molecular flexibility index (Phi) is 2.68. The number of fused-ring (bicyclic) bond motifs is 1. The summed E-state index contributed by atoms with van der Waals surface area (Å²) in [6.45, 7) is 3.29. The second-order valence-electron chi connectivity index (χ2n) is 3.67. The van der Waals surface area contributed by atoms with Crippen molar-refractivity contribution in [1.82, 2.24) is 14.6 Å². The number of anilines is 1. The maximum Gasteiger partial charge on any atom is 0.231 e. The molecule has 16 heavy (non-hydrogen) atoms. The minimum absolute atomic E-state index is 0.763. The van der Waals surface area contributed by atoms with E-state index in [0.717, 1.165) is 37.9 Å². The first-order valence-corrected chi connectivity index (χ1v) is 6.25. The second kappa shape index (κ2) is 4.17. The number of ether oxygens (including phenoxy) is 1. The smallest absolute Gasteiger partial charge is 0.231 e. The molecule has 1 aliphatic rings. The highest BCUT2D eigenvalue weighted by atomic mass is 127. The van der Waals surface area contributed by atoms with Gasteiger partial charge < -0.3 is 9.64 Å². The summed E-state index contributed by atoms with van der Waals surface area (Å²) in [7, 11) is 0. The average Bonchev–Trinajstić information content (AvgIpc) is 2.73. The van der Waals surface area contributed by atoms with Gasteiger partial charge in [0.25, 0.3) is 0 Å². The van der Waals surface area contributed by atoms with Crippen molar-refractivity contribution < 1.29 is 4.74 Å². The van der Waals surface area contributed by atoms with Crippen LogP contribution in [0.1, 0.15) is 0 Å². The fraction of sp³-hybridized carbons (Fsp3) is 0.400. The van der Waals surface area contributed by atoms with Gasteiger partial charge in [-0.25, -0.2) is 0 Å². The summed E-state index contributed by atoms with van der Waals surface area (Å²) in [5, 5.41) is 8.42. The van der Waals surface area contributed by atoms with Gasteiger partial charge in [0, 0.05) is 22.9 Å². The van der Waals surface area contributed by atoms with Crippen LogP contribution in [-0.2, 0) is 4.74 Å². The number of pyridine rings is 1. The van der Waals surface area contributed by atoms with Gasteiger partial charge in [-0.1, -0.05) is 0 Å². The van der Waals surface area contributed by atoms with Gasteiger partial charge in [-0.3, -0.25) is 4.40 Å². The molecule has 1 fully saturated rings. The number of rotatable bonds is 1. The first-order chi connectivity index (χ1) is 7.84. The van der Waals surface area contributed by atoms with Crippen LogP contribution in [0.2, 0.25) is 0 Å². The monoisotopic (exact) mass is 330 g/mol. The van der Waals surface area contributed by atoms with E-state index in [1.165, 1.54) is 3.57 Å². The zero-order chi connectivity index (χ0) is 11.0. The van der Waals surface area contributed by atoms with Crippen molar-refractivity contribution in [2.75, 3.05) is 31.2 Å². The highest BCUT2D eigenvalue weighted by Gasteiger charge is 2.16. The standard InChI is InChI=1S/C10H11IN4O/c11-8-1-2-15-9(7-8)12-13-10(15)14-3-5-16-6-4-14/h1-2,7H,3-6H2. The lowest BCUT2D eigenvalue weighted by molar-refractivity contribution is 0.122. The third kappa shape index (κ3) is 1.75. The molecule has 0 unspecified atom stereocenters. The van der Waals surface area contributed by atoms with E-state index in [1.807, 2.05) is 16.7 Å². The summed E-state index contributed by atoms with van der Waals surface area (Å²) in [5.74, 6) is 0.912. The molecular formula is C10H11IN4O. The van der Waals surface area contributed by atoms with E-state index in [2.05, 4.69) is 43.8 Å². The fourth-order valence-corrected chi connectivity index (χ4v) is 2.27. The molecule has 0 radical (unpaired) electrons. The largest absolute Gasteiger partial charge is 0.378 e. The lowest BCUT2D eigenvalue weighted by Gasteiger charge is -2.26. The Hall–Kier alpha value is -0.890. The number of nitrogens with zero attached hydrogens (tertiary/aromatic N) is 4. The van der Waals surface area contributed by atoms with Crippen LogP contribution >= 0.6 is 22.6 Å². The van der Waals surface area contributed by atoms with Crippen molar-refractivity contribution in [1.29, 1.82) is 0 Å². The molecule has 0 N–H and O–H groups in total. The molecule has 1 saturated heterocycles. The minimum Gasteiger partial charge on any atom is -0.378 e. The van der Waals surface area contributed by atoms with Gasteiger partial charge in [-0.05, 0) is 34.7 Å². The molecule has 84 valence electrons. The zero-order valence-corrected chi connectivity index (χ0v) is 10.8. The molecule has 2 aromatic rings. The Morgan fingerprint density at radius 2 is 2.06 bits per heavy atom. The second-order valence-corrected chi connectivity index (χ2v) is 4.92. The Labute approximate surface area is 107 Å². The van der Waals surface area contributed by atoms with E-state index >= 15 is 0 Å². The normalized spacial score (nSPS) is 16.9. The first-order valence-electron chi connectivity index (χ1n) is 5.17. The SMILES string of the molecule is Ic1ccn2c(N3CCOCC3)nnc2c1. The molecule has 6 heteroatoms. The first kappa shape index (κ1) is 10.3. The predicted octanol–water partition coefficient (Wildman–Crippen LogP) is 1.17. The molecule has 0 bridgehead atoms. The van der Waals surface area contributed by atoms with Crippen LogP contribution < -0.4 is 4.90 Å². The molecule has 1 aliphatic heterocycles. The molecule has 0 saturated carbocycles. The number of aromatic nitrogens is 3. The highest BCUT2D eigenvalue weighted by molar-refractivity contribution is 14.1. The molecule has 5 nitrogen and oxygen atoms in total. The fourth-order valence-electron chi connectivity index (χ4n) is 1.83. The van der Waals surface area contributed by atoms with Crippen molar-refractivity contribution in [2.45, 2.75) is 0 Å². The highest BCUT2D eigenvalue weighted by Crippen LogP contribution is 2.16. The molecule has 0 aromatic carbocycles. The van der Waals surface area contributed by atoms with E-state index in [9.17, 15) is 0 Å². The molecule has 0 aliphatic carbocycles. The molecular weight excluding hydrogens is 319 g/mol. The molecule has 2 aromatic heterocycles. The van der Waals surface area contributed by atoms with E-state index in [0.29, 0.717) is 0 Å². The van der Waals surface area contributed by atoms with Gasteiger partial charge in [-0.2, -0.15) is 0 Å². The summed E-state index contributed by atoms with van der Waals surface area (Å²) >= 11 is 2.28. The van der Waals surface area contributed by atoms with Crippen molar-refractivity contribution in [3.63, 3.8) is 0 Å². The van der Waals surface area contributed by atoms with Gasteiger partial charge in [0.05, 0.1) is 13.2 Å². The van der Waals surface area contributed by atoms with E-state index in [4.69, 9.17) is 4.74 Å². The third-order valence-corrected chi connectivity index (χ3v) is 3.32. The molecule has 0 atom stereocenters. The van der Waals surface area contributed by atoms with E-state index in [1.54, 1.807) is 0 Å². The Morgan fingerprint density at radius 1 is 1.25 bits per heavy atom. The van der Waals surface area contributed by atoms with Crippen molar-refractivity contribution in [3.8, 4) is 0 Å². The van der Waals surface area contributed by atoms with Crippen LogP contribution in [-0.4, -0.2) is 40.9 Å².